The number of rotatable bonds is 3. The van der Waals surface area contributed by atoms with Crippen LogP contribution in [0.2, 0.25) is 0 Å². The zero-order chi connectivity index (χ0) is 19.3. The predicted octanol–water partition coefficient (Wildman–Crippen LogP) is 3.61. The van der Waals surface area contributed by atoms with Crippen molar-refractivity contribution in [1.29, 1.82) is 0 Å². The first-order chi connectivity index (χ1) is 12.2. The Morgan fingerprint density at radius 1 is 1.08 bits per heavy atom. The van der Waals surface area contributed by atoms with Gasteiger partial charge in [0.05, 0.1) is 19.9 Å². The van der Waals surface area contributed by atoms with Crippen molar-refractivity contribution in [3.05, 3.63) is 38.0 Å². The fourth-order valence-electron chi connectivity index (χ4n) is 2.68. The SMILES string of the molecule is [B]c1c(O)c(O)c2c(C(=O)c3cc(Br)c(O)c(Br)c3)c(CC)oc2c1O.[HH]. The molecule has 0 bridgehead atoms. The first-order valence-corrected chi connectivity index (χ1v) is 8.97. The fraction of sp³-hybridized carbons (Fsp3) is 0.118. The number of hydrogen-bond donors (Lipinski definition) is 4. The van der Waals surface area contributed by atoms with Crippen molar-refractivity contribution < 1.29 is 31.1 Å². The molecule has 6 nitrogen and oxygen atoms in total. The number of carbonyl (C=O) groups is 1. The van der Waals surface area contributed by atoms with Crippen LogP contribution in [0.3, 0.4) is 0 Å². The molecule has 0 atom stereocenters. The van der Waals surface area contributed by atoms with E-state index in [1.165, 1.54) is 12.1 Å². The quantitative estimate of drug-likeness (QED) is 0.196. The number of carbonyl (C=O) groups excluding carboxylic acids is 1. The van der Waals surface area contributed by atoms with E-state index in [1.54, 1.807) is 6.92 Å². The van der Waals surface area contributed by atoms with Crippen molar-refractivity contribution in [2.45, 2.75) is 13.3 Å². The molecule has 0 aliphatic carbocycles. The largest absolute Gasteiger partial charge is 0.506 e. The highest BCUT2D eigenvalue weighted by molar-refractivity contribution is 9.11. The normalized spacial score (nSPS) is 11.2. The molecule has 1 heterocycles. The van der Waals surface area contributed by atoms with Crippen molar-refractivity contribution >= 4 is 61.9 Å². The van der Waals surface area contributed by atoms with Gasteiger partial charge in [-0.15, -0.1) is 0 Å². The standard InChI is InChI=1S/C17H11BBr2O6.H2/c1-2-8-9(12(21)5-3-6(19)13(22)7(20)4-5)10-14(23)15(24)11(18)16(25)17(10)26-8;/h3-4,22-25H,2H2,1H3;1H. The molecule has 0 aliphatic heterocycles. The molecular weight excluding hydrogens is 471 g/mol. The van der Waals surface area contributed by atoms with Crippen LogP contribution >= 0.6 is 31.9 Å². The minimum Gasteiger partial charge on any atom is -0.506 e. The van der Waals surface area contributed by atoms with Crippen LogP contribution in [0.15, 0.2) is 25.5 Å². The molecule has 26 heavy (non-hydrogen) atoms. The average Bonchev–Trinajstić information content (AvgIpc) is 3.01. The van der Waals surface area contributed by atoms with E-state index in [-0.39, 0.29) is 41.5 Å². The summed E-state index contributed by atoms with van der Waals surface area (Å²) in [7, 11) is 5.55. The highest BCUT2D eigenvalue weighted by Gasteiger charge is 2.29. The number of aryl methyl sites for hydroxylation is 1. The monoisotopic (exact) mass is 482 g/mol. The maximum Gasteiger partial charge on any atom is 0.197 e. The molecule has 0 aliphatic rings. The van der Waals surface area contributed by atoms with Gasteiger partial charge < -0.3 is 24.8 Å². The van der Waals surface area contributed by atoms with Gasteiger partial charge in [-0.1, -0.05) is 6.92 Å². The van der Waals surface area contributed by atoms with Gasteiger partial charge in [0.25, 0.3) is 0 Å². The molecule has 0 saturated heterocycles. The third-order valence-corrected chi connectivity index (χ3v) is 5.20. The molecule has 0 fully saturated rings. The van der Waals surface area contributed by atoms with E-state index in [0.717, 1.165) is 0 Å². The molecule has 2 aromatic carbocycles. The summed E-state index contributed by atoms with van der Waals surface area (Å²) >= 11 is 6.32. The molecule has 9 heteroatoms. The van der Waals surface area contributed by atoms with E-state index in [1.807, 2.05) is 0 Å². The fourth-order valence-corrected chi connectivity index (χ4v) is 3.87. The second-order valence-electron chi connectivity index (χ2n) is 5.54. The van der Waals surface area contributed by atoms with E-state index < -0.39 is 28.5 Å². The second-order valence-corrected chi connectivity index (χ2v) is 7.24. The van der Waals surface area contributed by atoms with Gasteiger partial charge in [0, 0.05) is 13.4 Å². The maximum absolute atomic E-state index is 13.1. The highest BCUT2D eigenvalue weighted by Crippen LogP contribution is 2.43. The number of aromatic hydroxyl groups is 4. The van der Waals surface area contributed by atoms with E-state index in [2.05, 4.69) is 31.9 Å². The second kappa shape index (κ2) is 6.55. The number of hydrogen-bond acceptors (Lipinski definition) is 6. The molecular formula is C17H13BBr2O6. The van der Waals surface area contributed by atoms with Gasteiger partial charge in [-0.25, -0.2) is 0 Å². The lowest BCUT2D eigenvalue weighted by molar-refractivity contribution is 0.103. The average molecular weight is 484 g/mol. The Morgan fingerprint density at radius 2 is 1.65 bits per heavy atom. The van der Waals surface area contributed by atoms with Crippen molar-refractivity contribution in [2.24, 2.45) is 0 Å². The topological polar surface area (TPSA) is 111 Å². The molecule has 3 aromatic rings. The van der Waals surface area contributed by atoms with Gasteiger partial charge in [0.1, 0.15) is 19.4 Å². The van der Waals surface area contributed by atoms with Crippen molar-refractivity contribution in [3.8, 4) is 23.0 Å². The number of ketones is 1. The van der Waals surface area contributed by atoms with Crippen LogP contribution in [0.25, 0.3) is 11.0 Å². The van der Waals surface area contributed by atoms with Gasteiger partial charge in [0.15, 0.2) is 28.6 Å². The van der Waals surface area contributed by atoms with Crippen LogP contribution in [0.4, 0.5) is 0 Å². The summed E-state index contributed by atoms with van der Waals surface area (Å²) in [5.74, 6) is -2.33. The van der Waals surface area contributed by atoms with E-state index in [0.29, 0.717) is 8.95 Å². The summed E-state index contributed by atoms with van der Waals surface area (Å²) in [4.78, 5) is 13.1. The van der Waals surface area contributed by atoms with Crippen LogP contribution in [0, 0.1) is 0 Å². The van der Waals surface area contributed by atoms with E-state index in [4.69, 9.17) is 12.3 Å². The molecule has 1 aromatic heterocycles. The Labute approximate surface area is 167 Å². The van der Waals surface area contributed by atoms with Gasteiger partial charge in [-0.05, 0) is 49.5 Å². The Kier molecular flexibility index (Phi) is 4.70. The number of furan rings is 1. The zero-order valence-corrected chi connectivity index (χ0v) is 16.5. The van der Waals surface area contributed by atoms with Gasteiger partial charge in [-0.3, -0.25) is 4.79 Å². The van der Waals surface area contributed by atoms with Gasteiger partial charge in [0.2, 0.25) is 0 Å². The minimum atomic E-state index is -0.736. The van der Waals surface area contributed by atoms with Crippen LogP contribution in [-0.2, 0) is 6.42 Å². The van der Waals surface area contributed by atoms with Crippen molar-refractivity contribution in [1.82, 2.24) is 0 Å². The Balaban J connectivity index is 0.00000261. The summed E-state index contributed by atoms with van der Waals surface area (Å²) in [5, 5.41) is 40.0. The van der Waals surface area contributed by atoms with Crippen LogP contribution < -0.4 is 5.46 Å². The molecule has 0 spiro atoms. The first-order valence-electron chi connectivity index (χ1n) is 7.39. The highest BCUT2D eigenvalue weighted by atomic mass is 79.9. The minimum absolute atomic E-state index is 0. The Hall–Kier alpha value is -2.13. The molecule has 0 amide bonds. The molecule has 0 unspecified atom stereocenters. The third-order valence-electron chi connectivity index (χ3n) is 3.99. The van der Waals surface area contributed by atoms with Gasteiger partial charge >= 0.3 is 0 Å². The summed E-state index contributed by atoms with van der Waals surface area (Å²) in [5.41, 5.74) is -0.445. The van der Waals surface area contributed by atoms with Crippen molar-refractivity contribution in [3.63, 3.8) is 0 Å². The van der Waals surface area contributed by atoms with Crippen molar-refractivity contribution in [2.75, 3.05) is 0 Å². The van der Waals surface area contributed by atoms with Crippen LogP contribution in [0.5, 0.6) is 23.0 Å². The Morgan fingerprint density at radius 3 is 2.19 bits per heavy atom. The number of halogens is 2. The smallest absolute Gasteiger partial charge is 0.197 e. The molecule has 4 N–H and O–H groups in total. The Bertz CT molecular complexity index is 1060. The molecule has 134 valence electrons. The number of fused-ring (bicyclic) bond motifs is 1. The van der Waals surface area contributed by atoms with Crippen LogP contribution in [-0.4, -0.2) is 34.1 Å². The third kappa shape index (κ3) is 2.66. The predicted molar refractivity (Wildman–Crippen MR) is 105 cm³/mol. The maximum atomic E-state index is 13.1. The lowest BCUT2D eigenvalue weighted by Gasteiger charge is -2.08. The first kappa shape index (κ1) is 18.7. The van der Waals surface area contributed by atoms with Gasteiger partial charge in [-0.2, -0.15) is 0 Å². The van der Waals surface area contributed by atoms with Crippen LogP contribution in [0.1, 0.15) is 30.0 Å². The number of phenolic OH excluding ortho intramolecular Hbond substituents is 4. The molecule has 0 saturated carbocycles. The number of benzene rings is 2. The molecule has 3 rings (SSSR count). The molecule has 2 radical (unpaired) electrons. The summed E-state index contributed by atoms with van der Waals surface area (Å²) in [6, 6.07) is 2.82. The van der Waals surface area contributed by atoms with E-state index >= 15 is 0 Å². The zero-order valence-electron chi connectivity index (χ0n) is 13.3. The summed E-state index contributed by atoms with van der Waals surface area (Å²) < 4.78 is 6.11. The van der Waals surface area contributed by atoms with E-state index in [9.17, 15) is 25.2 Å². The number of phenols is 4. The summed E-state index contributed by atoms with van der Waals surface area (Å²) in [6.07, 6.45) is 0.287. The summed E-state index contributed by atoms with van der Waals surface area (Å²) in [6.45, 7) is 1.73. The lowest BCUT2D eigenvalue weighted by atomic mass is 9.90. The lowest BCUT2D eigenvalue weighted by Crippen LogP contribution is -2.06.